The van der Waals surface area contributed by atoms with Crippen LogP contribution in [0.1, 0.15) is 6.42 Å². The molecule has 1 aliphatic heterocycles. The molecular formula is C12H17F2IN4O2S. The molecule has 0 saturated carbocycles. The van der Waals surface area contributed by atoms with Crippen molar-refractivity contribution in [2.75, 3.05) is 30.7 Å². The van der Waals surface area contributed by atoms with Crippen molar-refractivity contribution >= 4 is 45.6 Å². The van der Waals surface area contributed by atoms with Crippen LogP contribution >= 0.6 is 24.0 Å². The second-order valence-corrected chi connectivity index (χ2v) is 6.67. The monoisotopic (exact) mass is 446 g/mol. The molecule has 1 aromatic carbocycles. The molecule has 0 unspecified atom stereocenters. The molecule has 22 heavy (non-hydrogen) atoms. The number of hydrogen-bond donors (Lipinski definition) is 2. The summed E-state index contributed by atoms with van der Waals surface area (Å²) in [6.07, 6.45) is 0.605. The summed E-state index contributed by atoms with van der Waals surface area (Å²) in [6, 6.07) is 2.93. The minimum atomic E-state index is -3.16. The molecule has 0 amide bonds. The van der Waals surface area contributed by atoms with Gasteiger partial charge in [-0.25, -0.2) is 21.5 Å². The Morgan fingerprint density at radius 1 is 1.41 bits per heavy atom. The van der Waals surface area contributed by atoms with E-state index in [4.69, 9.17) is 5.73 Å². The van der Waals surface area contributed by atoms with Gasteiger partial charge in [0.05, 0.1) is 18.0 Å². The molecule has 0 radical (unpaired) electrons. The van der Waals surface area contributed by atoms with Gasteiger partial charge in [0.15, 0.2) is 5.96 Å². The first kappa shape index (κ1) is 19.0. The Bertz CT molecular complexity index is 655. The SMILES string of the molecule is I.NC(=NCCN1CCCS1(=O)=O)Nc1cc(F)ccc1F. The van der Waals surface area contributed by atoms with Crippen molar-refractivity contribution in [1.82, 2.24) is 4.31 Å². The number of nitrogens with one attached hydrogen (secondary N) is 1. The topological polar surface area (TPSA) is 87.8 Å². The summed E-state index contributed by atoms with van der Waals surface area (Å²) in [6.45, 7) is 0.842. The van der Waals surface area contributed by atoms with E-state index in [1.807, 2.05) is 0 Å². The maximum absolute atomic E-state index is 13.4. The zero-order valence-electron chi connectivity index (χ0n) is 11.6. The number of halogens is 3. The van der Waals surface area contributed by atoms with E-state index in [0.717, 1.165) is 18.2 Å². The lowest BCUT2D eigenvalue weighted by atomic mass is 10.3. The molecule has 0 spiro atoms. The number of nitrogens with two attached hydrogens (primary N) is 1. The Morgan fingerprint density at radius 3 is 2.77 bits per heavy atom. The molecule has 2 rings (SSSR count). The van der Waals surface area contributed by atoms with E-state index in [0.29, 0.717) is 13.0 Å². The fraction of sp³-hybridized carbons (Fsp3) is 0.417. The van der Waals surface area contributed by atoms with Crippen LogP contribution in [0.5, 0.6) is 0 Å². The molecule has 10 heteroatoms. The third kappa shape index (κ3) is 5.02. The summed E-state index contributed by atoms with van der Waals surface area (Å²) in [5.41, 5.74) is 5.44. The minimum Gasteiger partial charge on any atom is -0.370 e. The van der Waals surface area contributed by atoms with Gasteiger partial charge in [-0.2, -0.15) is 0 Å². The number of aliphatic imine (C=N–C) groups is 1. The Labute approximate surface area is 144 Å². The largest absolute Gasteiger partial charge is 0.370 e. The molecule has 1 fully saturated rings. The normalized spacial score (nSPS) is 18.0. The van der Waals surface area contributed by atoms with Gasteiger partial charge in [-0.05, 0) is 18.6 Å². The minimum absolute atomic E-state index is 0. The zero-order chi connectivity index (χ0) is 15.5. The van der Waals surface area contributed by atoms with Crippen LogP contribution in [0.3, 0.4) is 0 Å². The van der Waals surface area contributed by atoms with Gasteiger partial charge in [-0.15, -0.1) is 24.0 Å². The van der Waals surface area contributed by atoms with E-state index in [9.17, 15) is 17.2 Å². The fourth-order valence-corrected chi connectivity index (χ4v) is 3.51. The number of benzene rings is 1. The lowest BCUT2D eigenvalue weighted by Crippen LogP contribution is -2.30. The quantitative estimate of drug-likeness (QED) is 0.415. The summed E-state index contributed by atoms with van der Waals surface area (Å²) in [4.78, 5) is 3.91. The van der Waals surface area contributed by atoms with Crippen molar-refractivity contribution in [3.05, 3.63) is 29.8 Å². The number of nitrogens with zero attached hydrogens (tertiary/aromatic N) is 2. The summed E-state index contributed by atoms with van der Waals surface area (Å²) in [5, 5.41) is 2.44. The molecule has 0 bridgehead atoms. The van der Waals surface area contributed by atoms with E-state index >= 15 is 0 Å². The highest BCUT2D eigenvalue weighted by molar-refractivity contribution is 14.0. The van der Waals surface area contributed by atoms with Gasteiger partial charge in [-0.3, -0.25) is 4.99 Å². The first-order valence-electron chi connectivity index (χ1n) is 6.38. The Hall–Kier alpha value is -1.01. The van der Waals surface area contributed by atoms with Gasteiger partial charge in [0, 0.05) is 19.2 Å². The average Bonchev–Trinajstić information content (AvgIpc) is 2.73. The van der Waals surface area contributed by atoms with Gasteiger partial charge in [0.1, 0.15) is 11.6 Å². The van der Waals surface area contributed by atoms with Crippen LogP contribution in [0.2, 0.25) is 0 Å². The fourth-order valence-electron chi connectivity index (χ4n) is 2.00. The van der Waals surface area contributed by atoms with Crippen molar-refractivity contribution in [2.45, 2.75) is 6.42 Å². The predicted molar refractivity (Wildman–Crippen MR) is 91.9 cm³/mol. The van der Waals surface area contributed by atoms with Gasteiger partial charge < -0.3 is 11.1 Å². The van der Waals surface area contributed by atoms with Crippen molar-refractivity contribution in [1.29, 1.82) is 0 Å². The molecule has 1 saturated heterocycles. The van der Waals surface area contributed by atoms with Crippen LogP contribution in [-0.4, -0.2) is 44.1 Å². The first-order chi connectivity index (χ1) is 9.88. The maximum atomic E-state index is 13.4. The molecule has 0 aliphatic carbocycles. The van der Waals surface area contributed by atoms with Crippen LogP contribution in [0, 0.1) is 11.6 Å². The number of hydrogen-bond acceptors (Lipinski definition) is 3. The summed E-state index contributed by atoms with van der Waals surface area (Å²) >= 11 is 0. The average molecular weight is 446 g/mol. The Kier molecular flexibility index (Phi) is 6.94. The van der Waals surface area contributed by atoms with E-state index in [-0.39, 0.29) is 54.5 Å². The molecule has 0 atom stereocenters. The highest BCUT2D eigenvalue weighted by Crippen LogP contribution is 2.15. The maximum Gasteiger partial charge on any atom is 0.214 e. The van der Waals surface area contributed by atoms with Crippen LogP contribution in [-0.2, 0) is 10.0 Å². The van der Waals surface area contributed by atoms with Gasteiger partial charge in [0.2, 0.25) is 10.0 Å². The number of anilines is 1. The molecule has 1 heterocycles. The van der Waals surface area contributed by atoms with Crippen molar-refractivity contribution in [3.8, 4) is 0 Å². The second-order valence-electron chi connectivity index (χ2n) is 4.58. The Balaban J connectivity index is 0.00000242. The molecule has 124 valence electrons. The van der Waals surface area contributed by atoms with E-state index in [2.05, 4.69) is 10.3 Å². The molecular weight excluding hydrogens is 429 g/mol. The predicted octanol–water partition coefficient (Wildman–Crippen LogP) is 1.34. The zero-order valence-corrected chi connectivity index (χ0v) is 14.8. The summed E-state index contributed by atoms with van der Waals surface area (Å²) in [5.74, 6) is -1.21. The third-order valence-electron chi connectivity index (χ3n) is 3.03. The van der Waals surface area contributed by atoms with Gasteiger partial charge in [-0.1, -0.05) is 0 Å². The summed E-state index contributed by atoms with van der Waals surface area (Å²) in [7, 11) is -3.16. The van der Waals surface area contributed by atoms with Crippen molar-refractivity contribution in [3.63, 3.8) is 0 Å². The van der Waals surface area contributed by atoms with E-state index in [1.165, 1.54) is 4.31 Å². The van der Waals surface area contributed by atoms with Crippen LogP contribution < -0.4 is 11.1 Å². The number of sulfonamides is 1. The standard InChI is InChI=1S/C12H16F2N4O2S.HI/c13-9-2-3-10(14)11(8-9)17-12(15)16-4-6-18-5-1-7-21(18,19)20;/h2-3,8H,1,4-7H2,(H3,15,16,17);1H. The molecule has 0 aromatic heterocycles. The van der Waals surface area contributed by atoms with Crippen molar-refractivity contribution in [2.24, 2.45) is 10.7 Å². The lowest BCUT2D eigenvalue weighted by molar-refractivity contribution is 0.452. The van der Waals surface area contributed by atoms with Crippen LogP contribution in [0.25, 0.3) is 0 Å². The first-order valence-corrected chi connectivity index (χ1v) is 7.99. The van der Waals surface area contributed by atoms with Crippen molar-refractivity contribution < 1.29 is 17.2 Å². The van der Waals surface area contributed by atoms with E-state index in [1.54, 1.807) is 0 Å². The number of rotatable bonds is 4. The highest BCUT2D eigenvalue weighted by Gasteiger charge is 2.27. The van der Waals surface area contributed by atoms with Crippen LogP contribution in [0.15, 0.2) is 23.2 Å². The molecule has 1 aliphatic rings. The smallest absolute Gasteiger partial charge is 0.214 e. The van der Waals surface area contributed by atoms with Crippen LogP contribution in [0.4, 0.5) is 14.5 Å². The summed E-state index contributed by atoms with van der Waals surface area (Å²) < 4.78 is 50.8. The number of guanidine groups is 1. The third-order valence-corrected chi connectivity index (χ3v) is 4.98. The van der Waals surface area contributed by atoms with Gasteiger partial charge >= 0.3 is 0 Å². The molecule has 6 nitrogen and oxygen atoms in total. The lowest BCUT2D eigenvalue weighted by Gasteiger charge is -2.12. The van der Waals surface area contributed by atoms with E-state index < -0.39 is 21.7 Å². The second kappa shape index (κ2) is 8.02. The highest BCUT2D eigenvalue weighted by atomic mass is 127. The Morgan fingerprint density at radius 2 is 2.14 bits per heavy atom. The molecule has 3 N–H and O–H groups in total. The van der Waals surface area contributed by atoms with Gasteiger partial charge in [0.25, 0.3) is 0 Å². The molecule has 1 aromatic rings.